The van der Waals surface area contributed by atoms with E-state index >= 15 is 0 Å². The molecule has 3 rings (SSSR count). The van der Waals surface area contributed by atoms with Crippen LogP contribution in [0.15, 0.2) is 42.5 Å². The second-order valence-electron chi connectivity index (χ2n) is 7.51. The highest BCUT2D eigenvalue weighted by Gasteiger charge is 2.31. The summed E-state index contributed by atoms with van der Waals surface area (Å²) in [5, 5.41) is 10.1. The molecule has 1 heterocycles. The number of hydrogen-bond acceptors (Lipinski definition) is 1. The van der Waals surface area contributed by atoms with Gasteiger partial charge in [-0.2, -0.15) is 0 Å². The minimum Gasteiger partial charge on any atom is -0.507 e. The van der Waals surface area contributed by atoms with Crippen LogP contribution < -0.4 is 0 Å². The van der Waals surface area contributed by atoms with Crippen molar-refractivity contribution in [3.05, 3.63) is 53.8 Å². The third-order valence-electron chi connectivity index (χ3n) is 5.52. The molecule has 0 aliphatic carbocycles. The molecular formula is C21H27FNO+. The number of phenols is 1. The Morgan fingerprint density at radius 2 is 1.88 bits per heavy atom. The van der Waals surface area contributed by atoms with Gasteiger partial charge < -0.3 is 9.59 Å². The van der Waals surface area contributed by atoms with Crippen LogP contribution in [0.3, 0.4) is 0 Å². The Bertz CT molecular complexity index is 711. The summed E-state index contributed by atoms with van der Waals surface area (Å²) in [7, 11) is 4.67. The van der Waals surface area contributed by atoms with Crippen LogP contribution in [0.5, 0.6) is 5.75 Å². The zero-order chi connectivity index (χ0) is 17.2. The molecule has 0 saturated carbocycles. The molecule has 24 heavy (non-hydrogen) atoms. The van der Waals surface area contributed by atoms with Crippen LogP contribution in [0, 0.1) is 5.82 Å². The summed E-state index contributed by atoms with van der Waals surface area (Å²) < 4.78 is 14.4. The Morgan fingerprint density at radius 3 is 2.62 bits per heavy atom. The lowest BCUT2D eigenvalue weighted by Crippen LogP contribution is -2.51. The topological polar surface area (TPSA) is 20.2 Å². The predicted octanol–water partition coefficient (Wildman–Crippen LogP) is 4.76. The number of benzene rings is 2. The fourth-order valence-electron chi connectivity index (χ4n) is 3.98. The molecule has 1 saturated heterocycles. The molecule has 1 aliphatic heterocycles. The Morgan fingerprint density at radius 1 is 1.08 bits per heavy atom. The van der Waals surface area contributed by atoms with Crippen molar-refractivity contribution in [2.45, 2.75) is 38.1 Å². The maximum atomic E-state index is 13.3. The minimum absolute atomic E-state index is 0.0104. The normalized spacial score (nSPS) is 20.0. The first-order valence-corrected chi connectivity index (χ1v) is 8.87. The number of phenolic OH excluding ortho intramolecular Hbond substituents is 1. The number of aromatic hydroxyl groups is 1. The van der Waals surface area contributed by atoms with Crippen LogP contribution in [0.2, 0.25) is 0 Å². The number of nitrogens with zero attached hydrogens (tertiary/aromatic N) is 1. The molecular weight excluding hydrogens is 301 g/mol. The van der Waals surface area contributed by atoms with E-state index in [-0.39, 0.29) is 5.75 Å². The van der Waals surface area contributed by atoms with E-state index in [9.17, 15) is 9.50 Å². The number of rotatable bonds is 4. The predicted molar refractivity (Wildman–Crippen MR) is 96.4 cm³/mol. The van der Waals surface area contributed by atoms with Gasteiger partial charge in [0.25, 0.3) is 0 Å². The second-order valence-corrected chi connectivity index (χ2v) is 7.51. The first-order chi connectivity index (χ1) is 11.5. The average Bonchev–Trinajstić information content (AvgIpc) is 2.54. The lowest BCUT2D eigenvalue weighted by molar-refractivity contribution is -0.920. The largest absolute Gasteiger partial charge is 0.507 e. The van der Waals surface area contributed by atoms with Crippen molar-refractivity contribution < 1.29 is 14.0 Å². The molecule has 128 valence electrons. The Balaban J connectivity index is 1.82. The quantitative estimate of drug-likeness (QED) is 0.802. The van der Waals surface area contributed by atoms with E-state index < -0.39 is 5.82 Å². The number of hydrogen-bond donors (Lipinski definition) is 1. The summed E-state index contributed by atoms with van der Waals surface area (Å²) in [5.74, 6) is -0.397. The van der Waals surface area contributed by atoms with Crippen molar-refractivity contribution in [3.63, 3.8) is 0 Å². The highest BCUT2D eigenvalue weighted by Crippen LogP contribution is 2.33. The maximum Gasteiger partial charge on any atom is 0.126 e. The lowest BCUT2D eigenvalue weighted by atomic mass is 9.91. The fraction of sp³-hybridized carbons (Fsp3) is 0.429. The molecule has 0 radical (unpaired) electrons. The van der Waals surface area contributed by atoms with Crippen molar-refractivity contribution in [2.75, 3.05) is 20.6 Å². The summed E-state index contributed by atoms with van der Waals surface area (Å²) in [6.45, 7) is 1.26. The number of halogens is 1. The average molecular weight is 328 g/mol. The van der Waals surface area contributed by atoms with Gasteiger partial charge in [-0.1, -0.05) is 24.3 Å². The number of aryl methyl sites for hydroxylation is 1. The Kier molecular flexibility index (Phi) is 4.91. The van der Waals surface area contributed by atoms with Gasteiger partial charge in [0.1, 0.15) is 11.6 Å². The molecule has 0 spiro atoms. The van der Waals surface area contributed by atoms with Gasteiger partial charge in [-0.15, -0.1) is 0 Å². The number of likely N-dealkylation sites (tertiary alicyclic amines) is 1. The van der Waals surface area contributed by atoms with E-state index in [2.05, 4.69) is 20.2 Å². The van der Waals surface area contributed by atoms with E-state index in [1.807, 2.05) is 18.2 Å². The molecule has 3 heteroatoms. The Hall–Kier alpha value is -1.87. The van der Waals surface area contributed by atoms with Gasteiger partial charge in [-0.25, -0.2) is 4.39 Å². The molecule has 0 bridgehead atoms. The van der Waals surface area contributed by atoms with Gasteiger partial charge in [-0.3, -0.25) is 0 Å². The van der Waals surface area contributed by atoms with E-state index in [0.717, 1.165) is 22.9 Å². The summed E-state index contributed by atoms with van der Waals surface area (Å²) >= 11 is 0. The SMILES string of the molecule is C[N+]1(C)CCCCC1CCc1ccccc1-c1ccc(F)cc1O. The van der Waals surface area contributed by atoms with Gasteiger partial charge >= 0.3 is 0 Å². The smallest absolute Gasteiger partial charge is 0.126 e. The minimum atomic E-state index is -0.407. The van der Waals surface area contributed by atoms with Gasteiger partial charge in [0.05, 0.1) is 26.7 Å². The van der Waals surface area contributed by atoms with Gasteiger partial charge in [0.2, 0.25) is 0 Å². The van der Waals surface area contributed by atoms with Crippen LogP contribution >= 0.6 is 0 Å². The van der Waals surface area contributed by atoms with E-state index in [0.29, 0.717) is 11.6 Å². The summed E-state index contributed by atoms with van der Waals surface area (Å²) in [4.78, 5) is 0. The van der Waals surface area contributed by atoms with Gasteiger partial charge in [0.15, 0.2) is 0 Å². The molecule has 1 N–H and O–H groups in total. The maximum absolute atomic E-state index is 13.3. The zero-order valence-electron chi connectivity index (χ0n) is 14.6. The van der Waals surface area contributed by atoms with Crippen LogP contribution in [0.4, 0.5) is 4.39 Å². The van der Waals surface area contributed by atoms with Crippen molar-refractivity contribution in [2.24, 2.45) is 0 Å². The van der Waals surface area contributed by atoms with Crippen molar-refractivity contribution in [3.8, 4) is 16.9 Å². The van der Waals surface area contributed by atoms with Crippen LogP contribution in [0.1, 0.15) is 31.2 Å². The van der Waals surface area contributed by atoms with Crippen LogP contribution in [0.25, 0.3) is 11.1 Å². The molecule has 2 aromatic carbocycles. The monoisotopic (exact) mass is 328 g/mol. The third kappa shape index (κ3) is 3.62. The van der Waals surface area contributed by atoms with E-state index in [1.165, 1.54) is 43.5 Å². The number of piperidine rings is 1. The fourth-order valence-corrected chi connectivity index (χ4v) is 3.98. The van der Waals surface area contributed by atoms with Crippen molar-refractivity contribution in [1.82, 2.24) is 0 Å². The number of quaternary nitrogens is 1. The second kappa shape index (κ2) is 6.94. The van der Waals surface area contributed by atoms with Crippen LogP contribution in [-0.2, 0) is 6.42 Å². The first kappa shape index (κ1) is 17.0. The molecule has 1 unspecified atom stereocenters. The molecule has 0 amide bonds. The Labute approximate surface area is 144 Å². The van der Waals surface area contributed by atoms with Gasteiger partial charge in [0, 0.05) is 18.1 Å². The standard InChI is InChI=1S/C21H26FNO/c1-23(2)14-6-5-8-18(23)12-10-16-7-3-4-9-19(16)20-13-11-17(22)15-21(20)24/h3-4,7,9,11,13,15,18H,5-6,8,10,12,14H2,1-2H3/p+1. The lowest BCUT2D eigenvalue weighted by Gasteiger charge is -2.42. The van der Waals surface area contributed by atoms with Crippen molar-refractivity contribution >= 4 is 0 Å². The first-order valence-electron chi connectivity index (χ1n) is 8.87. The van der Waals surface area contributed by atoms with Crippen LogP contribution in [-0.4, -0.2) is 36.3 Å². The highest BCUT2D eigenvalue weighted by atomic mass is 19.1. The molecule has 2 aromatic rings. The van der Waals surface area contributed by atoms with Crippen molar-refractivity contribution in [1.29, 1.82) is 0 Å². The summed E-state index contributed by atoms with van der Waals surface area (Å²) in [6, 6.07) is 13.1. The zero-order valence-corrected chi connectivity index (χ0v) is 14.6. The van der Waals surface area contributed by atoms with Gasteiger partial charge in [-0.05, 0) is 48.9 Å². The molecule has 1 aliphatic rings. The molecule has 1 atom stereocenters. The molecule has 1 fully saturated rings. The van der Waals surface area contributed by atoms with E-state index in [4.69, 9.17) is 0 Å². The van der Waals surface area contributed by atoms with E-state index in [1.54, 1.807) is 6.07 Å². The molecule has 2 nitrogen and oxygen atoms in total. The molecule has 0 aromatic heterocycles. The summed E-state index contributed by atoms with van der Waals surface area (Å²) in [5.41, 5.74) is 2.95. The summed E-state index contributed by atoms with van der Waals surface area (Å²) in [6.07, 6.45) is 6.07. The third-order valence-corrected chi connectivity index (χ3v) is 5.52. The highest BCUT2D eigenvalue weighted by molar-refractivity contribution is 5.73.